The lowest BCUT2D eigenvalue weighted by Crippen LogP contribution is -2.50. The fourth-order valence-corrected chi connectivity index (χ4v) is 4.21. The van der Waals surface area contributed by atoms with Crippen molar-refractivity contribution >= 4 is 0 Å². The second-order valence-electron chi connectivity index (χ2n) is 7.48. The molecule has 5 nitrogen and oxygen atoms in total. The molecule has 1 saturated carbocycles. The summed E-state index contributed by atoms with van der Waals surface area (Å²) >= 11 is 0. The van der Waals surface area contributed by atoms with Gasteiger partial charge in [-0.1, -0.05) is 19.3 Å². The topological polar surface area (TPSA) is 41.7 Å². The molecule has 0 bridgehead atoms. The van der Waals surface area contributed by atoms with Crippen LogP contribution >= 0.6 is 0 Å². The number of hydrogen-bond acceptors (Lipinski definition) is 5. The van der Waals surface area contributed by atoms with Crippen LogP contribution in [0.15, 0.2) is 34.9 Å². The molecule has 2 fully saturated rings. The Morgan fingerprint density at radius 1 is 1.04 bits per heavy atom. The van der Waals surface area contributed by atoms with E-state index in [2.05, 4.69) is 14.8 Å². The summed E-state index contributed by atoms with van der Waals surface area (Å²) in [6.07, 6.45) is 8.85. The molecule has 1 aromatic heterocycles. The molecule has 2 aliphatic rings. The Bertz CT molecular complexity index is 684. The Hall–Kier alpha value is -1.85. The van der Waals surface area contributed by atoms with Gasteiger partial charge in [-0.05, 0) is 37.1 Å². The van der Waals surface area contributed by atoms with Gasteiger partial charge < -0.3 is 9.15 Å². The van der Waals surface area contributed by atoms with Gasteiger partial charge in [-0.3, -0.25) is 9.80 Å². The Labute approximate surface area is 156 Å². The van der Waals surface area contributed by atoms with Crippen LogP contribution in [0.2, 0.25) is 0 Å². The predicted molar refractivity (Wildman–Crippen MR) is 102 cm³/mol. The summed E-state index contributed by atoms with van der Waals surface area (Å²) < 4.78 is 10.9. The molecule has 1 aliphatic carbocycles. The second kappa shape index (κ2) is 8.23. The largest absolute Gasteiger partial charge is 0.497 e. The van der Waals surface area contributed by atoms with Crippen LogP contribution in [-0.4, -0.2) is 54.1 Å². The third-order valence-corrected chi connectivity index (χ3v) is 5.77. The number of hydrogen-bond donors (Lipinski definition) is 0. The minimum atomic E-state index is 0.684. The SMILES string of the molecule is COc1ccc(-c2nc(CN3CCN(C4CCCCC4)CC3)co2)cc1. The van der Waals surface area contributed by atoms with Gasteiger partial charge in [0.05, 0.1) is 12.8 Å². The van der Waals surface area contributed by atoms with Crippen LogP contribution in [0.3, 0.4) is 0 Å². The lowest BCUT2D eigenvalue weighted by Gasteiger charge is -2.40. The van der Waals surface area contributed by atoms with Gasteiger partial charge >= 0.3 is 0 Å². The first-order chi connectivity index (χ1) is 12.8. The molecule has 0 N–H and O–H groups in total. The first-order valence-electron chi connectivity index (χ1n) is 9.87. The molecule has 4 rings (SSSR count). The van der Waals surface area contributed by atoms with Crippen molar-refractivity contribution in [2.75, 3.05) is 33.3 Å². The number of oxazole rings is 1. The Morgan fingerprint density at radius 3 is 2.46 bits per heavy atom. The molecule has 0 radical (unpaired) electrons. The van der Waals surface area contributed by atoms with E-state index in [1.54, 1.807) is 13.4 Å². The highest BCUT2D eigenvalue weighted by atomic mass is 16.5. The summed E-state index contributed by atoms with van der Waals surface area (Å²) in [6, 6.07) is 8.67. The number of benzene rings is 1. The number of rotatable bonds is 5. The van der Waals surface area contributed by atoms with E-state index in [1.165, 1.54) is 45.2 Å². The van der Waals surface area contributed by atoms with Gasteiger partial charge in [0.15, 0.2) is 0 Å². The zero-order chi connectivity index (χ0) is 17.8. The molecular formula is C21H29N3O2. The Morgan fingerprint density at radius 2 is 1.77 bits per heavy atom. The van der Waals surface area contributed by atoms with Gasteiger partial charge in [0.25, 0.3) is 0 Å². The lowest BCUT2D eigenvalue weighted by molar-refractivity contribution is 0.0749. The first kappa shape index (κ1) is 17.6. The molecule has 0 spiro atoms. The number of methoxy groups -OCH3 is 1. The molecule has 0 unspecified atom stereocenters. The first-order valence-corrected chi connectivity index (χ1v) is 9.87. The number of ether oxygens (including phenoxy) is 1. The van der Waals surface area contributed by atoms with Crippen molar-refractivity contribution in [2.45, 2.75) is 44.7 Å². The monoisotopic (exact) mass is 355 g/mol. The molecule has 5 heteroatoms. The van der Waals surface area contributed by atoms with Crippen molar-refractivity contribution in [3.05, 3.63) is 36.2 Å². The summed E-state index contributed by atoms with van der Waals surface area (Å²) in [5, 5.41) is 0. The molecule has 1 saturated heterocycles. The smallest absolute Gasteiger partial charge is 0.226 e. The predicted octanol–water partition coefficient (Wildman–Crippen LogP) is 3.80. The van der Waals surface area contributed by atoms with Gasteiger partial charge in [0, 0.05) is 44.3 Å². The minimum Gasteiger partial charge on any atom is -0.497 e. The van der Waals surface area contributed by atoms with E-state index in [4.69, 9.17) is 9.15 Å². The summed E-state index contributed by atoms with van der Waals surface area (Å²) in [4.78, 5) is 9.88. The van der Waals surface area contributed by atoms with E-state index in [9.17, 15) is 0 Å². The van der Waals surface area contributed by atoms with Crippen LogP contribution < -0.4 is 4.74 Å². The summed E-state index contributed by atoms with van der Waals surface area (Å²) in [6.45, 7) is 5.50. The standard InChI is InChI=1S/C21H29N3O2/c1-25-20-9-7-17(8-10-20)21-22-18(16-26-21)15-23-11-13-24(14-12-23)19-5-3-2-4-6-19/h7-10,16,19H,2-6,11-15H2,1H3. The van der Waals surface area contributed by atoms with Crippen molar-refractivity contribution in [3.8, 4) is 17.2 Å². The average Bonchev–Trinajstić information content (AvgIpc) is 3.18. The second-order valence-corrected chi connectivity index (χ2v) is 7.48. The molecule has 140 valence electrons. The maximum atomic E-state index is 5.69. The van der Waals surface area contributed by atoms with Gasteiger partial charge in [-0.15, -0.1) is 0 Å². The van der Waals surface area contributed by atoms with E-state index in [-0.39, 0.29) is 0 Å². The average molecular weight is 355 g/mol. The molecule has 0 amide bonds. The van der Waals surface area contributed by atoms with Gasteiger partial charge in [0.1, 0.15) is 12.0 Å². The van der Waals surface area contributed by atoms with Crippen molar-refractivity contribution in [2.24, 2.45) is 0 Å². The van der Waals surface area contributed by atoms with Crippen molar-refractivity contribution in [1.29, 1.82) is 0 Å². The number of aromatic nitrogens is 1. The molecule has 1 aliphatic heterocycles. The van der Waals surface area contributed by atoms with Crippen molar-refractivity contribution < 1.29 is 9.15 Å². The quantitative estimate of drug-likeness (QED) is 0.816. The van der Waals surface area contributed by atoms with Gasteiger partial charge in [0.2, 0.25) is 5.89 Å². The van der Waals surface area contributed by atoms with Crippen molar-refractivity contribution in [1.82, 2.24) is 14.8 Å². The fraction of sp³-hybridized carbons (Fsp3) is 0.571. The Kier molecular flexibility index (Phi) is 5.56. The van der Waals surface area contributed by atoms with Crippen LogP contribution in [0.4, 0.5) is 0 Å². The highest BCUT2D eigenvalue weighted by Crippen LogP contribution is 2.25. The molecule has 1 aromatic carbocycles. The van der Waals surface area contributed by atoms with Crippen LogP contribution in [0.25, 0.3) is 11.5 Å². The zero-order valence-electron chi connectivity index (χ0n) is 15.7. The molecule has 2 aromatic rings. The highest BCUT2D eigenvalue weighted by Gasteiger charge is 2.25. The van der Waals surface area contributed by atoms with E-state index in [1.807, 2.05) is 24.3 Å². The molecule has 0 atom stereocenters. The third-order valence-electron chi connectivity index (χ3n) is 5.77. The summed E-state index contributed by atoms with van der Waals surface area (Å²) in [5.41, 5.74) is 2.00. The van der Waals surface area contributed by atoms with Crippen LogP contribution in [-0.2, 0) is 6.54 Å². The summed E-state index contributed by atoms with van der Waals surface area (Å²) in [5.74, 6) is 1.53. The van der Waals surface area contributed by atoms with Crippen LogP contribution in [0.5, 0.6) is 5.75 Å². The molecular weight excluding hydrogens is 326 g/mol. The van der Waals surface area contributed by atoms with E-state index in [0.717, 1.165) is 42.7 Å². The summed E-state index contributed by atoms with van der Waals surface area (Å²) in [7, 11) is 1.67. The lowest BCUT2D eigenvalue weighted by atomic mass is 9.94. The van der Waals surface area contributed by atoms with E-state index < -0.39 is 0 Å². The molecule has 2 heterocycles. The third kappa shape index (κ3) is 4.10. The maximum Gasteiger partial charge on any atom is 0.226 e. The van der Waals surface area contributed by atoms with Crippen molar-refractivity contribution in [3.63, 3.8) is 0 Å². The number of nitrogens with zero attached hydrogens (tertiary/aromatic N) is 3. The van der Waals surface area contributed by atoms with Crippen LogP contribution in [0.1, 0.15) is 37.8 Å². The number of piperazine rings is 1. The normalized spacial score (nSPS) is 20.3. The molecule has 26 heavy (non-hydrogen) atoms. The minimum absolute atomic E-state index is 0.684. The Balaban J connectivity index is 1.30. The van der Waals surface area contributed by atoms with Gasteiger partial charge in [-0.2, -0.15) is 0 Å². The van der Waals surface area contributed by atoms with Gasteiger partial charge in [-0.25, -0.2) is 4.98 Å². The van der Waals surface area contributed by atoms with Crippen LogP contribution in [0, 0.1) is 0 Å². The highest BCUT2D eigenvalue weighted by molar-refractivity contribution is 5.54. The maximum absolute atomic E-state index is 5.69. The van der Waals surface area contributed by atoms with E-state index in [0.29, 0.717) is 5.89 Å². The van der Waals surface area contributed by atoms with E-state index >= 15 is 0 Å². The fourth-order valence-electron chi connectivity index (χ4n) is 4.21. The zero-order valence-corrected chi connectivity index (χ0v) is 15.7.